The summed E-state index contributed by atoms with van der Waals surface area (Å²) in [5.41, 5.74) is 1.66. The summed E-state index contributed by atoms with van der Waals surface area (Å²) in [4.78, 5) is 4.62. The van der Waals surface area contributed by atoms with Crippen molar-refractivity contribution in [3.8, 4) is 0 Å². The minimum Gasteiger partial charge on any atom is -0.323 e. The van der Waals surface area contributed by atoms with E-state index in [0.717, 1.165) is 29.0 Å². The quantitative estimate of drug-likeness (QED) is 0.471. The Hall–Kier alpha value is -0.0100. The van der Waals surface area contributed by atoms with Gasteiger partial charge in [0.2, 0.25) is 0 Å². The van der Waals surface area contributed by atoms with Crippen LogP contribution in [-0.2, 0) is 0 Å². The van der Waals surface area contributed by atoms with Gasteiger partial charge in [0.25, 0.3) is 0 Å². The molecule has 0 aliphatic rings. The predicted molar refractivity (Wildman–Crippen MR) is 94.4 cm³/mol. The van der Waals surface area contributed by atoms with Gasteiger partial charge < -0.3 is 4.57 Å². The van der Waals surface area contributed by atoms with E-state index >= 15 is 0 Å². The molecule has 0 aliphatic heterocycles. The van der Waals surface area contributed by atoms with Crippen molar-refractivity contribution in [2.75, 3.05) is 12.0 Å². The average molecular weight is 427 g/mol. The van der Waals surface area contributed by atoms with Crippen molar-refractivity contribution in [1.29, 1.82) is 0 Å². The predicted octanol–water partition coefficient (Wildman–Crippen LogP) is 5.39. The number of thioether (sulfide) groups is 1. The molecule has 2 rings (SSSR count). The molecule has 1 aromatic heterocycles. The van der Waals surface area contributed by atoms with Gasteiger partial charge in [-0.05, 0) is 48.3 Å². The number of alkyl halides is 1. The second kappa shape index (κ2) is 6.83. The Balaban J connectivity index is 2.70. The first-order chi connectivity index (χ1) is 9.49. The molecule has 6 heteroatoms. The van der Waals surface area contributed by atoms with Crippen LogP contribution in [0, 0.1) is 9.39 Å². The van der Waals surface area contributed by atoms with Gasteiger partial charge in [0, 0.05) is 17.9 Å². The number of rotatable bonds is 5. The summed E-state index contributed by atoms with van der Waals surface area (Å²) >= 11 is 10.0. The molecule has 1 heterocycles. The summed E-state index contributed by atoms with van der Waals surface area (Å²) < 4.78 is 16.6. The highest BCUT2D eigenvalue weighted by Crippen LogP contribution is 2.32. The van der Waals surface area contributed by atoms with Crippen molar-refractivity contribution in [2.24, 2.45) is 0 Å². The van der Waals surface area contributed by atoms with Crippen molar-refractivity contribution in [3.05, 3.63) is 27.3 Å². The Morgan fingerprint density at radius 1 is 1.50 bits per heavy atom. The summed E-state index contributed by atoms with van der Waals surface area (Å²) in [5, 5.41) is -0.195. The van der Waals surface area contributed by atoms with Crippen LogP contribution in [0.1, 0.15) is 37.5 Å². The topological polar surface area (TPSA) is 17.8 Å². The van der Waals surface area contributed by atoms with Gasteiger partial charge in [-0.25, -0.2) is 9.37 Å². The summed E-state index contributed by atoms with van der Waals surface area (Å²) in [6, 6.07) is 3.65. The molecule has 0 radical (unpaired) electrons. The molecule has 0 saturated heterocycles. The fourth-order valence-corrected chi connectivity index (χ4v) is 3.71. The van der Waals surface area contributed by atoms with Crippen LogP contribution < -0.4 is 0 Å². The minimum atomic E-state index is -0.202. The second-order valence-electron chi connectivity index (χ2n) is 4.73. The number of hydrogen-bond acceptors (Lipinski definition) is 2. The number of hydrogen-bond donors (Lipinski definition) is 0. The Bertz CT molecular complexity index is 615. The molecule has 0 saturated carbocycles. The molecule has 20 heavy (non-hydrogen) atoms. The number of aromatic nitrogens is 2. The molecule has 0 spiro atoms. The SMILES string of the molecule is CCC(CSC)n1c(C(C)Cl)nc2cc(I)c(F)cc21. The van der Waals surface area contributed by atoms with E-state index in [0.29, 0.717) is 3.57 Å². The van der Waals surface area contributed by atoms with Crippen molar-refractivity contribution < 1.29 is 4.39 Å². The Morgan fingerprint density at radius 3 is 2.75 bits per heavy atom. The first-order valence-corrected chi connectivity index (χ1v) is 9.40. The van der Waals surface area contributed by atoms with Crippen LogP contribution in [0.3, 0.4) is 0 Å². The smallest absolute Gasteiger partial charge is 0.138 e. The van der Waals surface area contributed by atoms with Crippen LogP contribution in [-0.4, -0.2) is 21.6 Å². The first-order valence-electron chi connectivity index (χ1n) is 6.49. The molecule has 2 nitrogen and oxygen atoms in total. The van der Waals surface area contributed by atoms with Gasteiger partial charge in [0.05, 0.1) is 20.0 Å². The van der Waals surface area contributed by atoms with E-state index in [2.05, 4.69) is 22.7 Å². The molecule has 2 unspecified atom stereocenters. The second-order valence-corrected chi connectivity index (χ2v) is 7.46. The fourth-order valence-electron chi connectivity index (χ4n) is 2.34. The summed E-state index contributed by atoms with van der Waals surface area (Å²) in [5.74, 6) is 1.59. The third-order valence-corrected chi connectivity index (χ3v) is 5.05. The van der Waals surface area contributed by atoms with E-state index in [1.165, 1.54) is 0 Å². The van der Waals surface area contributed by atoms with Gasteiger partial charge in [-0.3, -0.25) is 0 Å². The van der Waals surface area contributed by atoms with Crippen molar-refractivity contribution in [3.63, 3.8) is 0 Å². The lowest BCUT2D eigenvalue weighted by molar-refractivity contribution is 0.529. The average Bonchev–Trinajstić information content (AvgIpc) is 2.75. The summed E-state index contributed by atoms with van der Waals surface area (Å²) in [7, 11) is 0. The third-order valence-electron chi connectivity index (χ3n) is 3.31. The van der Waals surface area contributed by atoms with Crippen LogP contribution in [0.2, 0.25) is 0 Å². The monoisotopic (exact) mass is 426 g/mol. The molecule has 0 fully saturated rings. The number of benzene rings is 1. The summed E-state index contributed by atoms with van der Waals surface area (Å²) in [6.45, 7) is 4.05. The van der Waals surface area contributed by atoms with E-state index in [1.807, 2.05) is 29.5 Å². The molecule has 0 N–H and O–H groups in total. The van der Waals surface area contributed by atoms with E-state index in [1.54, 1.807) is 23.9 Å². The molecular weight excluding hydrogens is 410 g/mol. The lowest BCUT2D eigenvalue weighted by Gasteiger charge is -2.20. The highest BCUT2D eigenvalue weighted by molar-refractivity contribution is 14.1. The van der Waals surface area contributed by atoms with E-state index in [4.69, 9.17) is 11.6 Å². The molecule has 1 aromatic carbocycles. The Labute approximate surface area is 141 Å². The highest BCUT2D eigenvalue weighted by Gasteiger charge is 2.21. The fraction of sp³-hybridized carbons (Fsp3) is 0.500. The van der Waals surface area contributed by atoms with Crippen LogP contribution in [0.4, 0.5) is 4.39 Å². The van der Waals surface area contributed by atoms with Gasteiger partial charge in [-0.15, -0.1) is 11.6 Å². The molecule has 0 amide bonds. The minimum absolute atomic E-state index is 0.195. The zero-order valence-corrected chi connectivity index (χ0v) is 15.4. The van der Waals surface area contributed by atoms with Crippen molar-refractivity contribution in [1.82, 2.24) is 9.55 Å². The lowest BCUT2D eigenvalue weighted by Crippen LogP contribution is -2.14. The first kappa shape index (κ1) is 16.4. The Morgan fingerprint density at radius 2 is 2.20 bits per heavy atom. The van der Waals surface area contributed by atoms with Crippen molar-refractivity contribution in [2.45, 2.75) is 31.7 Å². The molecule has 2 atom stereocenters. The maximum absolute atomic E-state index is 13.9. The maximum Gasteiger partial charge on any atom is 0.138 e. The zero-order valence-electron chi connectivity index (χ0n) is 11.7. The van der Waals surface area contributed by atoms with Gasteiger partial charge >= 0.3 is 0 Å². The molecule has 0 bridgehead atoms. The van der Waals surface area contributed by atoms with Crippen LogP contribution in [0.5, 0.6) is 0 Å². The van der Waals surface area contributed by atoms with Gasteiger partial charge in [-0.2, -0.15) is 11.8 Å². The highest BCUT2D eigenvalue weighted by atomic mass is 127. The lowest BCUT2D eigenvalue weighted by atomic mass is 10.2. The number of imidazole rings is 1. The van der Waals surface area contributed by atoms with Crippen LogP contribution >= 0.6 is 46.0 Å². The molecule has 110 valence electrons. The Kier molecular flexibility index (Phi) is 5.59. The van der Waals surface area contributed by atoms with E-state index < -0.39 is 0 Å². The molecule has 2 aromatic rings. The number of nitrogens with zero attached hydrogens (tertiary/aromatic N) is 2. The van der Waals surface area contributed by atoms with Gasteiger partial charge in [-0.1, -0.05) is 6.92 Å². The zero-order chi connectivity index (χ0) is 14.9. The molecular formula is C14H17ClFIN2S. The normalized spacial score (nSPS) is 14.7. The largest absolute Gasteiger partial charge is 0.323 e. The number of halogens is 3. The van der Waals surface area contributed by atoms with E-state index in [-0.39, 0.29) is 17.2 Å². The van der Waals surface area contributed by atoms with Crippen molar-refractivity contribution >= 4 is 57.0 Å². The summed E-state index contributed by atoms with van der Waals surface area (Å²) in [6.07, 6.45) is 3.05. The van der Waals surface area contributed by atoms with Crippen LogP contribution in [0.25, 0.3) is 11.0 Å². The van der Waals surface area contributed by atoms with Gasteiger partial charge in [0.1, 0.15) is 11.6 Å². The molecule has 0 aliphatic carbocycles. The third kappa shape index (κ3) is 3.09. The standard InChI is InChI=1S/C14H17ClFIN2S/c1-4-9(7-20-3)19-13-5-10(16)11(17)6-12(13)18-14(19)8(2)15/h5-6,8-9H,4,7H2,1-3H3. The van der Waals surface area contributed by atoms with Gasteiger partial charge in [0.15, 0.2) is 0 Å². The van der Waals surface area contributed by atoms with E-state index in [9.17, 15) is 4.39 Å². The maximum atomic E-state index is 13.9. The van der Waals surface area contributed by atoms with Crippen LogP contribution in [0.15, 0.2) is 12.1 Å². The number of fused-ring (bicyclic) bond motifs is 1.